The maximum Gasteiger partial charge on any atom is 0.231 e. The van der Waals surface area contributed by atoms with Crippen LogP contribution in [0.2, 0.25) is 0 Å². The number of aliphatic hydroxyl groups excluding tert-OH is 1. The monoisotopic (exact) mass is 294 g/mol. The van der Waals surface area contributed by atoms with Crippen LogP contribution >= 0.6 is 0 Å². The van der Waals surface area contributed by atoms with Crippen LogP contribution < -0.4 is 15.5 Å². The van der Waals surface area contributed by atoms with Gasteiger partial charge < -0.3 is 20.6 Å². The third-order valence-corrected chi connectivity index (χ3v) is 3.60. The molecule has 118 valence electrons. The minimum atomic E-state index is -0.372. The lowest BCUT2D eigenvalue weighted by Crippen LogP contribution is -2.31. The number of hydrogen-bond donors (Lipinski definition) is 3. The normalized spacial score (nSPS) is 16.6. The number of hydrogen-bond acceptors (Lipinski definition) is 7. The van der Waals surface area contributed by atoms with Crippen LogP contribution in [0.25, 0.3) is 0 Å². The molecule has 0 aromatic carbocycles. The summed E-state index contributed by atoms with van der Waals surface area (Å²) in [6.07, 6.45) is 4.99. The van der Waals surface area contributed by atoms with Crippen molar-refractivity contribution in [3.63, 3.8) is 0 Å². The quantitative estimate of drug-likeness (QED) is 0.702. The molecule has 1 atom stereocenters. The molecule has 0 spiro atoms. The van der Waals surface area contributed by atoms with E-state index in [2.05, 4.69) is 37.4 Å². The molecule has 0 saturated carbocycles. The van der Waals surface area contributed by atoms with Crippen molar-refractivity contribution in [2.75, 3.05) is 42.2 Å². The third-order valence-electron chi connectivity index (χ3n) is 3.60. The zero-order chi connectivity index (χ0) is 15.1. The molecule has 1 aliphatic heterocycles. The van der Waals surface area contributed by atoms with Gasteiger partial charge in [0.15, 0.2) is 0 Å². The van der Waals surface area contributed by atoms with Crippen LogP contribution in [0.5, 0.6) is 0 Å². The van der Waals surface area contributed by atoms with Gasteiger partial charge in [0.2, 0.25) is 17.8 Å². The van der Waals surface area contributed by atoms with Crippen LogP contribution in [-0.4, -0.2) is 52.8 Å². The Labute approximate surface area is 126 Å². The Balaban J connectivity index is 2.05. The molecule has 3 N–H and O–H groups in total. The van der Waals surface area contributed by atoms with Gasteiger partial charge in [0.05, 0.1) is 6.10 Å². The summed E-state index contributed by atoms with van der Waals surface area (Å²) in [7, 11) is 1.80. The van der Waals surface area contributed by atoms with E-state index in [1.807, 2.05) is 0 Å². The van der Waals surface area contributed by atoms with Gasteiger partial charge in [-0.25, -0.2) is 0 Å². The number of nitrogens with zero attached hydrogens (tertiary/aromatic N) is 4. The maximum absolute atomic E-state index is 9.80. The van der Waals surface area contributed by atoms with Crippen molar-refractivity contribution in [2.24, 2.45) is 0 Å². The molecule has 1 aromatic rings. The van der Waals surface area contributed by atoms with Crippen molar-refractivity contribution in [2.45, 2.75) is 45.1 Å². The molecule has 2 rings (SSSR count). The number of piperidine rings is 1. The average Bonchev–Trinajstić information content (AvgIpc) is 2.54. The first-order valence-electron chi connectivity index (χ1n) is 7.83. The molecule has 0 aliphatic carbocycles. The minimum Gasteiger partial charge on any atom is -0.391 e. The topological polar surface area (TPSA) is 86.2 Å². The highest BCUT2D eigenvalue weighted by molar-refractivity contribution is 5.43. The van der Waals surface area contributed by atoms with Crippen LogP contribution in [0, 0.1) is 0 Å². The van der Waals surface area contributed by atoms with Gasteiger partial charge in [-0.3, -0.25) is 0 Å². The van der Waals surface area contributed by atoms with Gasteiger partial charge in [-0.1, -0.05) is 13.3 Å². The summed E-state index contributed by atoms with van der Waals surface area (Å²) in [5.74, 6) is 1.78. The lowest BCUT2D eigenvalue weighted by molar-refractivity contribution is 0.176. The number of nitrogens with one attached hydrogen (secondary N) is 2. The van der Waals surface area contributed by atoms with E-state index in [-0.39, 0.29) is 6.10 Å². The molecule has 1 aliphatic rings. The fraction of sp³-hybridized carbons (Fsp3) is 0.786. The summed E-state index contributed by atoms with van der Waals surface area (Å²) in [6.45, 7) is 4.50. The van der Waals surface area contributed by atoms with E-state index < -0.39 is 0 Å². The second-order valence-corrected chi connectivity index (χ2v) is 5.40. The molecule has 0 bridgehead atoms. The van der Waals surface area contributed by atoms with Crippen LogP contribution in [0.15, 0.2) is 0 Å². The fourth-order valence-corrected chi connectivity index (χ4v) is 2.44. The van der Waals surface area contributed by atoms with Gasteiger partial charge in [0, 0.05) is 26.7 Å². The molecule has 2 heterocycles. The molecule has 1 aromatic heterocycles. The van der Waals surface area contributed by atoms with E-state index in [1.165, 1.54) is 19.3 Å². The highest BCUT2D eigenvalue weighted by Gasteiger charge is 2.16. The molecule has 0 radical (unpaired) electrons. The van der Waals surface area contributed by atoms with Crippen LogP contribution in [0.4, 0.5) is 17.8 Å². The summed E-state index contributed by atoms with van der Waals surface area (Å²) >= 11 is 0. The first-order valence-corrected chi connectivity index (χ1v) is 7.83. The second-order valence-electron chi connectivity index (χ2n) is 5.40. The summed E-state index contributed by atoms with van der Waals surface area (Å²) in [4.78, 5) is 15.4. The molecule has 1 saturated heterocycles. The van der Waals surface area contributed by atoms with Crippen molar-refractivity contribution in [1.82, 2.24) is 15.0 Å². The molecular formula is C14H26N6O. The number of aliphatic hydroxyl groups is 1. The van der Waals surface area contributed by atoms with Crippen molar-refractivity contribution < 1.29 is 5.11 Å². The first kappa shape index (κ1) is 15.8. The lowest BCUT2D eigenvalue weighted by atomic mass is 10.1. The summed E-state index contributed by atoms with van der Waals surface area (Å²) in [5, 5.41) is 15.9. The number of aromatic nitrogens is 3. The highest BCUT2D eigenvalue weighted by Crippen LogP contribution is 2.18. The van der Waals surface area contributed by atoms with Crippen LogP contribution in [0.1, 0.15) is 39.0 Å². The molecule has 1 unspecified atom stereocenters. The second kappa shape index (κ2) is 7.97. The zero-order valence-electron chi connectivity index (χ0n) is 13.0. The van der Waals surface area contributed by atoms with E-state index in [9.17, 15) is 5.11 Å². The maximum atomic E-state index is 9.80. The Bertz CT molecular complexity index is 435. The predicted octanol–water partition coefficient (Wildman–Crippen LogP) is 1.48. The number of anilines is 3. The highest BCUT2D eigenvalue weighted by atomic mass is 16.3. The smallest absolute Gasteiger partial charge is 0.231 e. The molecule has 1 fully saturated rings. The fourth-order valence-electron chi connectivity index (χ4n) is 2.44. The van der Waals surface area contributed by atoms with Crippen molar-refractivity contribution >= 4 is 17.8 Å². The summed E-state index contributed by atoms with van der Waals surface area (Å²) in [6, 6.07) is 0. The summed E-state index contributed by atoms with van der Waals surface area (Å²) in [5.41, 5.74) is 0. The van der Waals surface area contributed by atoms with Crippen LogP contribution in [0.3, 0.4) is 0 Å². The Kier molecular flexibility index (Phi) is 5.98. The van der Waals surface area contributed by atoms with Gasteiger partial charge in [-0.15, -0.1) is 0 Å². The van der Waals surface area contributed by atoms with Gasteiger partial charge in [0.1, 0.15) is 0 Å². The van der Waals surface area contributed by atoms with Gasteiger partial charge in [0.25, 0.3) is 0 Å². The standard InChI is InChI=1S/C14H26N6O/c1-3-7-11(21)10-16-13-17-12(15-2)18-14(19-13)20-8-5-4-6-9-20/h11,21H,3-10H2,1-2H3,(H2,15,16,17,18,19). The Morgan fingerprint density at radius 2 is 1.86 bits per heavy atom. The molecule has 21 heavy (non-hydrogen) atoms. The SMILES string of the molecule is CCCC(O)CNc1nc(NC)nc(N2CCCCC2)n1. The van der Waals surface area contributed by atoms with E-state index in [1.54, 1.807) is 7.05 Å². The van der Waals surface area contributed by atoms with Gasteiger partial charge >= 0.3 is 0 Å². The van der Waals surface area contributed by atoms with Crippen LogP contribution in [-0.2, 0) is 0 Å². The zero-order valence-corrected chi connectivity index (χ0v) is 13.0. The van der Waals surface area contributed by atoms with E-state index in [0.29, 0.717) is 24.4 Å². The largest absolute Gasteiger partial charge is 0.391 e. The van der Waals surface area contributed by atoms with E-state index in [0.717, 1.165) is 25.9 Å². The Morgan fingerprint density at radius 3 is 2.52 bits per heavy atom. The third kappa shape index (κ3) is 4.70. The minimum absolute atomic E-state index is 0.372. The van der Waals surface area contributed by atoms with Crippen molar-refractivity contribution in [3.05, 3.63) is 0 Å². The van der Waals surface area contributed by atoms with Crippen molar-refractivity contribution in [1.29, 1.82) is 0 Å². The van der Waals surface area contributed by atoms with Gasteiger partial charge in [-0.2, -0.15) is 15.0 Å². The Hall–Kier alpha value is -1.63. The molecule has 7 heteroatoms. The van der Waals surface area contributed by atoms with Crippen molar-refractivity contribution in [3.8, 4) is 0 Å². The molecule has 7 nitrogen and oxygen atoms in total. The first-order chi connectivity index (χ1) is 10.2. The van der Waals surface area contributed by atoms with E-state index in [4.69, 9.17) is 0 Å². The van der Waals surface area contributed by atoms with Gasteiger partial charge in [-0.05, 0) is 25.7 Å². The Morgan fingerprint density at radius 1 is 1.14 bits per heavy atom. The lowest BCUT2D eigenvalue weighted by Gasteiger charge is -2.27. The average molecular weight is 294 g/mol. The molecular weight excluding hydrogens is 268 g/mol. The predicted molar refractivity (Wildman–Crippen MR) is 84.8 cm³/mol. The summed E-state index contributed by atoms with van der Waals surface area (Å²) < 4.78 is 0. The number of rotatable bonds is 7. The molecule has 0 amide bonds. The van der Waals surface area contributed by atoms with E-state index >= 15 is 0 Å².